The Bertz CT molecular complexity index is 664. The van der Waals surface area contributed by atoms with E-state index in [1.807, 2.05) is 6.92 Å². The van der Waals surface area contributed by atoms with E-state index in [9.17, 15) is 4.79 Å². The van der Waals surface area contributed by atoms with Gasteiger partial charge in [-0.3, -0.25) is 4.79 Å². The summed E-state index contributed by atoms with van der Waals surface area (Å²) in [5, 5.41) is 0. The molecule has 1 unspecified atom stereocenters. The third kappa shape index (κ3) is 6.55. The molecule has 0 fully saturated rings. The van der Waals surface area contributed by atoms with Crippen molar-refractivity contribution in [1.29, 1.82) is 0 Å². The van der Waals surface area contributed by atoms with E-state index >= 15 is 0 Å². The first-order valence-electron chi connectivity index (χ1n) is 9.63. The highest BCUT2D eigenvalue weighted by Crippen LogP contribution is 2.19. The molecule has 0 aromatic heterocycles. The van der Waals surface area contributed by atoms with Crippen molar-refractivity contribution in [2.75, 3.05) is 18.0 Å². The molecule has 2 aromatic rings. The standard InChI is InChI=1S/C23H32N2O/c1-18(2)17-25(16-15-19(3)23(24)26)22-13-11-21(12-14-22)10-9-20-7-5-4-6-8-20/h4-8,11-14,18-19H,9-10,15-17H2,1-3H3,(H2,24,26). The van der Waals surface area contributed by atoms with Crippen LogP contribution in [0.4, 0.5) is 5.69 Å². The van der Waals surface area contributed by atoms with Gasteiger partial charge in [-0.1, -0.05) is 63.2 Å². The van der Waals surface area contributed by atoms with Crippen molar-refractivity contribution in [3.63, 3.8) is 0 Å². The maximum absolute atomic E-state index is 11.3. The van der Waals surface area contributed by atoms with Gasteiger partial charge in [0, 0.05) is 24.7 Å². The molecule has 0 aliphatic carbocycles. The third-order valence-electron chi connectivity index (χ3n) is 4.75. The molecular formula is C23H32N2O. The van der Waals surface area contributed by atoms with Gasteiger partial charge < -0.3 is 10.6 Å². The molecule has 0 aliphatic rings. The molecule has 1 atom stereocenters. The van der Waals surface area contributed by atoms with Gasteiger partial charge in [0.1, 0.15) is 0 Å². The number of aryl methyl sites for hydroxylation is 2. The van der Waals surface area contributed by atoms with Gasteiger partial charge in [0.25, 0.3) is 0 Å². The second-order valence-electron chi connectivity index (χ2n) is 7.58. The molecule has 3 nitrogen and oxygen atoms in total. The topological polar surface area (TPSA) is 46.3 Å². The van der Waals surface area contributed by atoms with Crippen molar-refractivity contribution < 1.29 is 4.79 Å². The van der Waals surface area contributed by atoms with E-state index in [2.05, 4.69) is 73.3 Å². The molecule has 2 rings (SSSR count). The summed E-state index contributed by atoms with van der Waals surface area (Å²) in [6.07, 6.45) is 2.90. The molecule has 0 bridgehead atoms. The van der Waals surface area contributed by atoms with Crippen LogP contribution >= 0.6 is 0 Å². The lowest BCUT2D eigenvalue weighted by molar-refractivity contribution is -0.121. The minimum absolute atomic E-state index is 0.0881. The Kier molecular flexibility index (Phi) is 7.71. The Balaban J connectivity index is 1.98. The van der Waals surface area contributed by atoms with E-state index in [4.69, 9.17) is 5.73 Å². The molecule has 2 aromatic carbocycles. The molecular weight excluding hydrogens is 320 g/mol. The van der Waals surface area contributed by atoms with Crippen LogP contribution in [0.15, 0.2) is 54.6 Å². The molecule has 0 heterocycles. The summed E-state index contributed by atoms with van der Waals surface area (Å²) in [5.74, 6) is 0.261. The number of hydrogen-bond acceptors (Lipinski definition) is 2. The van der Waals surface area contributed by atoms with Gasteiger partial charge in [-0.15, -0.1) is 0 Å². The monoisotopic (exact) mass is 352 g/mol. The van der Waals surface area contributed by atoms with Crippen LogP contribution in [-0.4, -0.2) is 19.0 Å². The number of benzene rings is 2. The van der Waals surface area contributed by atoms with Crippen LogP contribution in [0, 0.1) is 11.8 Å². The first kappa shape index (κ1) is 20.0. The lowest BCUT2D eigenvalue weighted by Crippen LogP contribution is -2.32. The fourth-order valence-electron chi connectivity index (χ4n) is 3.07. The molecule has 0 aliphatic heterocycles. The number of nitrogens with two attached hydrogens (primary N) is 1. The van der Waals surface area contributed by atoms with E-state index in [1.165, 1.54) is 16.8 Å². The number of primary amides is 1. The summed E-state index contributed by atoms with van der Waals surface area (Å²) in [7, 11) is 0. The van der Waals surface area contributed by atoms with Crippen LogP contribution < -0.4 is 10.6 Å². The largest absolute Gasteiger partial charge is 0.371 e. The van der Waals surface area contributed by atoms with Crippen LogP contribution in [0.2, 0.25) is 0 Å². The number of nitrogens with zero attached hydrogens (tertiary/aromatic N) is 1. The average molecular weight is 353 g/mol. The summed E-state index contributed by atoms with van der Waals surface area (Å²) in [6, 6.07) is 19.5. The summed E-state index contributed by atoms with van der Waals surface area (Å²) in [4.78, 5) is 13.7. The minimum Gasteiger partial charge on any atom is -0.371 e. The van der Waals surface area contributed by atoms with Crippen LogP contribution in [-0.2, 0) is 17.6 Å². The maximum atomic E-state index is 11.3. The van der Waals surface area contributed by atoms with Crippen molar-refractivity contribution in [1.82, 2.24) is 0 Å². The van der Waals surface area contributed by atoms with Gasteiger partial charge >= 0.3 is 0 Å². The number of carbonyl (C=O) groups excluding carboxylic acids is 1. The fourth-order valence-corrected chi connectivity index (χ4v) is 3.07. The van der Waals surface area contributed by atoms with Crippen molar-refractivity contribution in [3.05, 3.63) is 65.7 Å². The van der Waals surface area contributed by atoms with Gasteiger partial charge in [-0.25, -0.2) is 0 Å². The van der Waals surface area contributed by atoms with Crippen LogP contribution in [0.1, 0.15) is 38.3 Å². The van der Waals surface area contributed by atoms with E-state index in [0.717, 1.165) is 32.4 Å². The minimum atomic E-state index is -0.217. The second-order valence-corrected chi connectivity index (χ2v) is 7.58. The molecule has 26 heavy (non-hydrogen) atoms. The Labute approximate surface area is 158 Å². The Morgan fingerprint density at radius 1 is 0.923 bits per heavy atom. The quantitative estimate of drug-likeness (QED) is 0.687. The van der Waals surface area contributed by atoms with Crippen molar-refractivity contribution >= 4 is 11.6 Å². The summed E-state index contributed by atoms with van der Waals surface area (Å²) >= 11 is 0. The second kappa shape index (κ2) is 10.0. The normalized spacial score (nSPS) is 12.2. The zero-order valence-corrected chi connectivity index (χ0v) is 16.3. The predicted molar refractivity (Wildman–Crippen MR) is 110 cm³/mol. The zero-order valence-electron chi connectivity index (χ0n) is 16.3. The first-order valence-corrected chi connectivity index (χ1v) is 9.63. The molecule has 1 amide bonds. The van der Waals surface area contributed by atoms with E-state index in [1.54, 1.807) is 0 Å². The molecule has 3 heteroatoms. The number of amides is 1. The molecule has 0 saturated heterocycles. The van der Waals surface area contributed by atoms with Gasteiger partial charge in [0.2, 0.25) is 5.91 Å². The number of anilines is 1. The van der Waals surface area contributed by atoms with Gasteiger partial charge in [0.05, 0.1) is 0 Å². The highest BCUT2D eigenvalue weighted by atomic mass is 16.1. The summed E-state index contributed by atoms with van der Waals surface area (Å²) < 4.78 is 0. The predicted octanol–water partition coefficient (Wildman–Crippen LogP) is 4.45. The highest BCUT2D eigenvalue weighted by molar-refractivity contribution is 5.76. The molecule has 0 radical (unpaired) electrons. The highest BCUT2D eigenvalue weighted by Gasteiger charge is 2.13. The number of carbonyl (C=O) groups is 1. The molecule has 0 spiro atoms. The van der Waals surface area contributed by atoms with Crippen molar-refractivity contribution in [2.24, 2.45) is 17.6 Å². The van der Waals surface area contributed by atoms with Crippen LogP contribution in [0.5, 0.6) is 0 Å². The van der Waals surface area contributed by atoms with E-state index < -0.39 is 0 Å². The van der Waals surface area contributed by atoms with Crippen LogP contribution in [0.3, 0.4) is 0 Å². The van der Waals surface area contributed by atoms with E-state index in [0.29, 0.717) is 5.92 Å². The van der Waals surface area contributed by atoms with Crippen molar-refractivity contribution in [3.8, 4) is 0 Å². The lowest BCUT2D eigenvalue weighted by atomic mass is 10.0. The Morgan fingerprint density at radius 2 is 1.50 bits per heavy atom. The number of hydrogen-bond donors (Lipinski definition) is 1. The third-order valence-corrected chi connectivity index (χ3v) is 4.75. The van der Waals surface area contributed by atoms with Gasteiger partial charge in [-0.05, 0) is 48.4 Å². The SMILES string of the molecule is CC(C)CN(CCC(C)C(N)=O)c1ccc(CCc2ccccc2)cc1. The zero-order chi connectivity index (χ0) is 18.9. The molecule has 2 N–H and O–H groups in total. The Morgan fingerprint density at radius 3 is 2.04 bits per heavy atom. The van der Waals surface area contributed by atoms with Crippen LogP contribution in [0.25, 0.3) is 0 Å². The summed E-state index contributed by atoms with van der Waals surface area (Å²) in [5.41, 5.74) is 9.35. The Hall–Kier alpha value is -2.29. The molecule has 0 saturated carbocycles. The summed E-state index contributed by atoms with van der Waals surface area (Å²) in [6.45, 7) is 8.18. The maximum Gasteiger partial charge on any atom is 0.220 e. The molecule has 140 valence electrons. The van der Waals surface area contributed by atoms with E-state index in [-0.39, 0.29) is 11.8 Å². The fraction of sp³-hybridized carbons (Fsp3) is 0.435. The van der Waals surface area contributed by atoms with Crippen molar-refractivity contribution in [2.45, 2.75) is 40.0 Å². The van der Waals surface area contributed by atoms with Gasteiger partial charge in [0.15, 0.2) is 0 Å². The van der Waals surface area contributed by atoms with Gasteiger partial charge in [-0.2, -0.15) is 0 Å². The smallest absolute Gasteiger partial charge is 0.220 e. The number of rotatable bonds is 10. The lowest BCUT2D eigenvalue weighted by Gasteiger charge is -2.28. The average Bonchev–Trinajstić information content (AvgIpc) is 2.64. The first-order chi connectivity index (χ1) is 12.5.